The zero-order chi connectivity index (χ0) is 4.24. The third-order valence-electron chi connectivity index (χ3n) is 0.863. The van der Waals surface area contributed by atoms with Gasteiger partial charge in [0.15, 0.2) is 0 Å². The summed E-state index contributed by atoms with van der Waals surface area (Å²) in [5.41, 5.74) is 0. The Kier molecular flexibility index (Phi) is 1.31. The van der Waals surface area contributed by atoms with Crippen LogP contribution in [-0.4, -0.2) is 19.9 Å². The monoisotopic (exact) mass is 80.1 g/mol. The molecule has 1 nitrogen and oxygen atoms in total. The van der Waals surface area contributed by atoms with Crippen LogP contribution in [-0.2, 0) is 0 Å². The third kappa shape index (κ3) is 0.849. The van der Waals surface area contributed by atoms with Crippen LogP contribution in [0, 0.1) is 0 Å². The molecule has 0 aromatic heterocycles. The molecule has 0 amide bonds. The summed E-state index contributed by atoms with van der Waals surface area (Å²) in [6.45, 7) is 0. The summed E-state index contributed by atoms with van der Waals surface area (Å²) in [4.78, 5) is 4.00. The van der Waals surface area contributed by atoms with Crippen molar-refractivity contribution in [2.75, 3.05) is 6.44 Å². The predicted molar refractivity (Wildman–Crippen MR) is 28.5 cm³/mol. The molecule has 1 rings (SSSR count). The standard InChI is InChI=1S/C4H7BN/c1-2-5-4-6-3-1/h3H,1-2,4H2. The van der Waals surface area contributed by atoms with Crippen LogP contribution in [0.15, 0.2) is 4.99 Å². The molecule has 1 radical (unpaired) electrons. The molecule has 0 aromatic carbocycles. The maximum absolute atomic E-state index is 4.00. The summed E-state index contributed by atoms with van der Waals surface area (Å²) < 4.78 is 0. The Morgan fingerprint density at radius 3 is 2.83 bits per heavy atom. The molecule has 31 valence electrons. The molecule has 0 N–H and O–H groups in total. The molecule has 2 heteroatoms. The van der Waals surface area contributed by atoms with Crippen molar-refractivity contribution in [1.29, 1.82) is 0 Å². The number of hydrogen-bond acceptors (Lipinski definition) is 1. The van der Waals surface area contributed by atoms with Crippen molar-refractivity contribution < 1.29 is 0 Å². The van der Waals surface area contributed by atoms with Crippen molar-refractivity contribution in [2.45, 2.75) is 12.7 Å². The average Bonchev–Trinajstić information content (AvgIpc) is 1.72. The van der Waals surface area contributed by atoms with Crippen LogP contribution in [0.25, 0.3) is 0 Å². The highest BCUT2D eigenvalue weighted by Crippen LogP contribution is 1.89. The Balaban J connectivity index is 2.26. The van der Waals surface area contributed by atoms with Crippen LogP contribution in [0.3, 0.4) is 0 Å². The summed E-state index contributed by atoms with van der Waals surface area (Å²) in [5.74, 6) is 0. The van der Waals surface area contributed by atoms with Gasteiger partial charge in [0.05, 0.1) is 0 Å². The molecular formula is C4H7BN. The van der Waals surface area contributed by atoms with E-state index >= 15 is 0 Å². The lowest BCUT2D eigenvalue weighted by Crippen LogP contribution is -2.00. The zero-order valence-corrected chi connectivity index (χ0v) is 3.72. The number of aliphatic imine (C=N–C) groups is 1. The molecule has 1 aliphatic heterocycles. The molecule has 0 fully saturated rings. The van der Waals surface area contributed by atoms with Crippen molar-refractivity contribution in [2.24, 2.45) is 4.99 Å². The van der Waals surface area contributed by atoms with Crippen LogP contribution in [0.2, 0.25) is 6.32 Å². The maximum atomic E-state index is 4.00. The fraction of sp³-hybridized carbons (Fsp3) is 0.750. The van der Waals surface area contributed by atoms with E-state index in [1.54, 1.807) is 0 Å². The SMILES string of the molecule is [B]1CCC=NC1. The minimum Gasteiger partial charge on any atom is -0.307 e. The molecule has 0 aliphatic carbocycles. The molecule has 0 bridgehead atoms. The first-order valence-corrected chi connectivity index (χ1v) is 2.30. The molecule has 1 aliphatic rings. The Morgan fingerprint density at radius 1 is 1.67 bits per heavy atom. The van der Waals surface area contributed by atoms with E-state index in [0.29, 0.717) is 0 Å². The van der Waals surface area contributed by atoms with Gasteiger partial charge in [0.1, 0.15) is 7.28 Å². The van der Waals surface area contributed by atoms with Gasteiger partial charge in [-0.15, -0.1) is 0 Å². The first-order valence-electron chi connectivity index (χ1n) is 2.30. The molecule has 0 aromatic rings. The molecule has 0 saturated heterocycles. The van der Waals surface area contributed by atoms with Crippen molar-refractivity contribution in [3.8, 4) is 0 Å². The largest absolute Gasteiger partial charge is 0.307 e. The lowest BCUT2D eigenvalue weighted by Gasteiger charge is -1.95. The number of rotatable bonds is 0. The van der Waals surface area contributed by atoms with Crippen molar-refractivity contribution >= 4 is 13.5 Å². The Hall–Kier alpha value is -0.265. The maximum Gasteiger partial charge on any atom is 0.139 e. The van der Waals surface area contributed by atoms with E-state index in [1.807, 2.05) is 6.21 Å². The first-order chi connectivity index (χ1) is 3.00. The quantitative estimate of drug-likeness (QED) is 0.376. The molecule has 1 heterocycles. The van der Waals surface area contributed by atoms with Crippen molar-refractivity contribution in [1.82, 2.24) is 0 Å². The van der Waals surface area contributed by atoms with E-state index in [4.69, 9.17) is 0 Å². The molecule has 0 saturated carbocycles. The van der Waals surface area contributed by atoms with Crippen LogP contribution < -0.4 is 0 Å². The van der Waals surface area contributed by atoms with E-state index in [2.05, 4.69) is 12.3 Å². The van der Waals surface area contributed by atoms with Crippen molar-refractivity contribution in [3.05, 3.63) is 0 Å². The fourth-order valence-electron chi connectivity index (χ4n) is 0.524. The molecule has 0 unspecified atom stereocenters. The van der Waals surface area contributed by atoms with Crippen LogP contribution in [0.5, 0.6) is 0 Å². The summed E-state index contributed by atoms with van der Waals surface area (Å²) in [6.07, 6.45) is 5.31. The average molecular weight is 79.9 g/mol. The minimum absolute atomic E-state index is 0.944. The number of hydrogen-bond donors (Lipinski definition) is 0. The van der Waals surface area contributed by atoms with Crippen LogP contribution in [0.4, 0.5) is 0 Å². The molecular weight excluding hydrogens is 72.9 g/mol. The normalized spacial score (nSPS) is 20.0. The van der Waals surface area contributed by atoms with E-state index in [1.165, 1.54) is 6.32 Å². The van der Waals surface area contributed by atoms with Gasteiger partial charge in [0.25, 0.3) is 0 Å². The highest BCUT2D eigenvalue weighted by molar-refractivity contribution is 6.36. The second kappa shape index (κ2) is 2.01. The second-order valence-electron chi connectivity index (χ2n) is 1.41. The van der Waals surface area contributed by atoms with E-state index in [0.717, 1.165) is 12.9 Å². The Bertz CT molecular complexity index is 52.6. The lowest BCUT2D eigenvalue weighted by molar-refractivity contribution is 1.18. The van der Waals surface area contributed by atoms with Gasteiger partial charge in [-0.2, -0.15) is 0 Å². The fourth-order valence-corrected chi connectivity index (χ4v) is 0.524. The highest BCUT2D eigenvalue weighted by atomic mass is 14.7. The summed E-state index contributed by atoms with van der Waals surface area (Å²) in [5, 5.41) is 0. The lowest BCUT2D eigenvalue weighted by atomic mass is 9.72. The smallest absolute Gasteiger partial charge is 0.139 e. The van der Waals surface area contributed by atoms with Gasteiger partial charge < -0.3 is 4.99 Å². The summed E-state index contributed by atoms with van der Waals surface area (Å²) in [6, 6.07) is 0. The van der Waals surface area contributed by atoms with Crippen molar-refractivity contribution in [3.63, 3.8) is 0 Å². The summed E-state index contributed by atoms with van der Waals surface area (Å²) in [7, 11) is 2.19. The first kappa shape index (κ1) is 3.91. The zero-order valence-electron chi connectivity index (χ0n) is 3.72. The molecule has 6 heavy (non-hydrogen) atoms. The van der Waals surface area contributed by atoms with Gasteiger partial charge in [-0.1, -0.05) is 6.32 Å². The predicted octanol–water partition coefficient (Wildman–Crippen LogP) is 0.541. The van der Waals surface area contributed by atoms with Gasteiger partial charge in [-0.3, -0.25) is 0 Å². The molecule has 0 atom stereocenters. The summed E-state index contributed by atoms with van der Waals surface area (Å²) >= 11 is 0. The van der Waals surface area contributed by atoms with Gasteiger partial charge >= 0.3 is 0 Å². The van der Waals surface area contributed by atoms with Gasteiger partial charge in [0.2, 0.25) is 0 Å². The van der Waals surface area contributed by atoms with E-state index < -0.39 is 0 Å². The second-order valence-corrected chi connectivity index (χ2v) is 1.41. The van der Waals surface area contributed by atoms with Gasteiger partial charge in [-0.05, 0) is 12.6 Å². The van der Waals surface area contributed by atoms with Gasteiger partial charge in [0, 0.05) is 6.44 Å². The highest BCUT2D eigenvalue weighted by Gasteiger charge is 1.90. The Morgan fingerprint density at radius 2 is 2.67 bits per heavy atom. The van der Waals surface area contributed by atoms with Crippen LogP contribution in [0.1, 0.15) is 6.42 Å². The van der Waals surface area contributed by atoms with Gasteiger partial charge in [-0.25, -0.2) is 0 Å². The van der Waals surface area contributed by atoms with E-state index in [9.17, 15) is 0 Å². The number of nitrogens with zero attached hydrogens (tertiary/aromatic N) is 1. The Labute approximate surface area is 38.7 Å². The molecule has 0 spiro atoms. The van der Waals surface area contributed by atoms with Crippen LogP contribution >= 0.6 is 0 Å². The topological polar surface area (TPSA) is 12.4 Å². The van der Waals surface area contributed by atoms with E-state index in [-0.39, 0.29) is 0 Å². The minimum atomic E-state index is 0.944. The third-order valence-corrected chi connectivity index (χ3v) is 0.863.